The molecule has 120 valence electrons. The van der Waals surface area contributed by atoms with Crippen LogP contribution >= 0.6 is 11.3 Å². The lowest BCUT2D eigenvalue weighted by molar-refractivity contribution is -0.137. The quantitative estimate of drug-likeness (QED) is 0.619. The van der Waals surface area contributed by atoms with Gasteiger partial charge in [0.05, 0.1) is 6.61 Å². The first kappa shape index (κ1) is 17.0. The zero-order valence-electron chi connectivity index (χ0n) is 13.0. The molecule has 0 atom stereocenters. The first-order chi connectivity index (χ1) is 11.2. The Balaban J connectivity index is 1.82. The van der Waals surface area contributed by atoms with E-state index in [1.54, 1.807) is 24.3 Å². The van der Waals surface area contributed by atoms with E-state index in [1.165, 1.54) is 11.0 Å². The van der Waals surface area contributed by atoms with Crippen molar-refractivity contribution >= 4 is 35.0 Å². The van der Waals surface area contributed by atoms with Crippen molar-refractivity contribution in [3.05, 3.63) is 58.3 Å². The maximum atomic E-state index is 11.9. The van der Waals surface area contributed by atoms with Crippen molar-refractivity contribution in [2.45, 2.75) is 19.8 Å². The number of benzene rings is 1. The number of nitrogens with one attached hydrogen (secondary N) is 1. The number of hydrogen-bond donors (Lipinski definition) is 1. The minimum absolute atomic E-state index is 0.00628. The van der Waals surface area contributed by atoms with E-state index in [-0.39, 0.29) is 11.9 Å². The smallest absolute Gasteiger partial charge is 0.330 e. The minimum atomic E-state index is -0.363. The lowest BCUT2D eigenvalue weighted by Crippen LogP contribution is -2.11. The molecule has 0 bridgehead atoms. The molecule has 23 heavy (non-hydrogen) atoms. The van der Waals surface area contributed by atoms with Gasteiger partial charge in [-0.1, -0.05) is 18.2 Å². The molecule has 0 spiro atoms. The van der Waals surface area contributed by atoms with Crippen molar-refractivity contribution in [1.82, 2.24) is 0 Å². The summed E-state index contributed by atoms with van der Waals surface area (Å²) in [7, 11) is 0. The fourth-order valence-corrected chi connectivity index (χ4v) is 2.66. The third-order valence-electron chi connectivity index (χ3n) is 3.07. The standard InChI is InChI=1S/C18H19NO3S/c1-2-22-18(21)12-7-14-5-8-15(9-6-14)19-17(20)11-10-16-4-3-13-23-16/h3-9,12-13H,2,10-11H2,1H3,(H,19,20)/b12-7+. The van der Waals surface area contributed by atoms with Crippen molar-refractivity contribution in [2.24, 2.45) is 0 Å². The summed E-state index contributed by atoms with van der Waals surface area (Å²) in [4.78, 5) is 24.3. The van der Waals surface area contributed by atoms with Gasteiger partial charge in [-0.3, -0.25) is 4.79 Å². The Morgan fingerprint density at radius 1 is 1.22 bits per heavy atom. The van der Waals surface area contributed by atoms with E-state index in [1.807, 2.05) is 41.8 Å². The summed E-state index contributed by atoms with van der Waals surface area (Å²) < 4.78 is 4.82. The minimum Gasteiger partial charge on any atom is -0.463 e. The van der Waals surface area contributed by atoms with E-state index in [0.717, 1.165) is 17.7 Å². The van der Waals surface area contributed by atoms with Crippen LogP contribution < -0.4 is 5.32 Å². The number of ether oxygens (including phenoxy) is 1. The number of aryl methyl sites for hydroxylation is 1. The normalized spacial score (nSPS) is 10.7. The predicted molar refractivity (Wildman–Crippen MR) is 93.4 cm³/mol. The van der Waals surface area contributed by atoms with Gasteiger partial charge in [-0.2, -0.15) is 0 Å². The Bertz CT molecular complexity index is 660. The fourth-order valence-electron chi connectivity index (χ4n) is 1.95. The number of hydrogen-bond acceptors (Lipinski definition) is 4. The van der Waals surface area contributed by atoms with Gasteiger partial charge in [0.1, 0.15) is 0 Å². The number of carbonyl (C=O) groups is 2. The molecule has 1 aromatic carbocycles. The summed E-state index contributed by atoms with van der Waals surface area (Å²) in [5.41, 5.74) is 1.61. The Morgan fingerprint density at radius 2 is 2.00 bits per heavy atom. The Hall–Kier alpha value is -2.40. The molecule has 1 heterocycles. The highest BCUT2D eigenvalue weighted by molar-refractivity contribution is 7.09. The highest BCUT2D eigenvalue weighted by atomic mass is 32.1. The van der Waals surface area contributed by atoms with E-state index in [9.17, 15) is 9.59 Å². The topological polar surface area (TPSA) is 55.4 Å². The van der Waals surface area contributed by atoms with Gasteiger partial charge in [0.2, 0.25) is 5.91 Å². The maximum Gasteiger partial charge on any atom is 0.330 e. The van der Waals surface area contributed by atoms with Gasteiger partial charge in [0.15, 0.2) is 0 Å². The van der Waals surface area contributed by atoms with Crippen LogP contribution in [-0.2, 0) is 20.7 Å². The molecule has 0 aliphatic rings. The number of rotatable bonds is 7. The second-order valence-corrected chi connectivity index (χ2v) is 5.87. The van der Waals surface area contributed by atoms with Crippen LogP contribution in [0.2, 0.25) is 0 Å². The van der Waals surface area contributed by atoms with Crippen LogP contribution in [-0.4, -0.2) is 18.5 Å². The van der Waals surface area contributed by atoms with E-state index in [0.29, 0.717) is 13.0 Å². The molecular weight excluding hydrogens is 310 g/mol. The largest absolute Gasteiger partial charge is 0.463 e. The molecule has 2 aromatic rings. The molecule has 0 aliphatic heterocycles. The van der Waals surface area contributed by atoms with Gasteiger partial charge in [0.25, 0.3) is 0 Å². The van der Waals surface area contributed by atoms with Crippen molar-refractivity contribution < 1.29 is 14.3 Å². The molecule has 0 saturated heterocycles. The third-order valence-corrected chi connectivity index (χ3v) is 4.01. The van der Waals surface area contributed by atoms with Crippen molar-refractivity contribution in [2.75, 3.05) is 11.9 Å². The zero-order valence-corrected chi connectivity index (χ0v) is 13.8. The van der Waals surface area contributed by atoms with Gasteiger partial charge in [-0.25, -0.2) is 4.79 Å². The number of carbonyl (C=O) groups excluding carboxylic acids is 2. The molecule has 5 heteroatoms. The van der Waals surface area contributed by atoms with Crippen molar-refractivity contribution in [3.8, 4) is 0 Å². The van der Waals surface area contributed by atoms with Gasteiger partial charge in [-0.15, -0.1) is 11.3 Å². The zero-order chi connectivity index (χ0) is 16.5. The summed E-state index contributed by atoms with van der Waals surface area (Å²) in [6.45, 7) is 2.13. The SMILES string of the molecule is CCOC(=O)/C=C/c1ccc(NC(=O)CCc2cccs2)cc1. The number of thiophene rings is 1. The predicted octanol–water partition coefficient (Wildman–Crippen LogP) is 3.90. The van der Waals surface area contributed by atoms with Crippen LogP contribution in [0.25, 0.3) is 6.08 Å². The van der Waals surface area contributed by atoms with Gasteiger partial charge in [0, 0.05) is 23.1 Å². The van der Waals surface area contributed by atoms with Gasteiger partial charge in [-0.05, 0) is 48.6 Å². The third kappa shape index (κ3) is 6.08. The Morgan fingerprint density at radius 3 is 2.65 bits per heavy atom. The first-order valence-electron chi connectivity index (χ1n) is 7.44. The molecule has 2 rings (SSSR count). The Labute approximate surface area is 139 Å². The number of anilines is 1. The molecular formula is C18H19NO3S. The number of esters is 1. The van der Waals surface area contributed by atoms with Gasteiger partial charge >= 0.3 is 5.97 Å². The molecule has 0 unspecified atom stereocenters. The molecule has 0 aliphatic carbocycles. The van der Waals surface area contributed by atoms with Gasteiger partial charge < -0.3 is 10.1 Å². The molecule has 1 N–H and O–H groups in total. The highest BCUT2D eigenvalue weighted by Gasteiger charge is 2.04. The van der Waals surface area contributed by atoms with Crippen LogP contribution in [0.4, 0.5) is 5.69 Å². The second kappa shape index (κ2) is 8.90. The summed E-state index contributed by atoms with van der Waals surface area (Å²) in [6.07, 6.45) is 4.29. The molecule has 1 aromatic heterocycles. The average molecular weight is 329 g/mol. The highest BCUT2D eigenvalue weighted by Crippen LogP contribution is 2.14. The molecule has 0 saturated carbocycles. The van der Waals surface area contributed by atoms with Crippen LogP contribution in [0.1, 0.15) is 23.8 Å². The van der Waals surface area contributed by atoms with Crippen molar-refractivity contribution in [3.63, 3.8) is 0 Å². The van der Waals surface area contributed by atoms with Crippen molar-refractivity contribution in [1.29, 1.82) is 0 Å². The fraction of sp³-hybridized carbons (Fsp3) is 0.222. The van der Waals surface area contributed by atoms with E-state index in [4.69, 9.17) is 4.74 Å². The molecule has 1 amide bonds. The van der Waals surface area contributed by atoms with Crippen LogP contribution in [0, 0.1) is 0 Å². The summed E-state index contributed by atoms with van der Waals surface area (Å²) >= 11 is 1.66. The average Bonchev–Trinajstić information content (AvgIpc) is 3.06. The lowest BCUT2D eigenvalue weighted by Gasteiger charge is -2.05. The lowest BCUT2D eigenvalue weighted by atomic mass is 10.2. The van der Waals surface area contributed by atoms with E-state index in [2.05, 4.69) is 5.32 Å². The summed E-state index contributed by atoms with van der Waals surface area (Å²) in [5.74, 6) is -0.369. The number of amides is 1. The Kier molecular flexibility index (Phi) is 6.56. The maximum absolute atomic E-state index is 11.9. The summed E-state index contributed by atoms with van der Waals surface area (Å²) in [6, 6.07) is 11.3. The second-order valence-electron chi connectivity index (χ2n) is 4.83. The molecule has 0 radical (unpaired) electrons. The first-order valence-corrected chi connectivity index (χ1v) is 8.32. The van der Waals surface area contributed by atoms with E-state index < -0.39 is 0 Å². The monoisotopic (exact) mass is 329 g/mol. The molecule has 4 nitrogen and oxygen atoms in total. The van der Waals surface area contributed by atoms with Crippen LogP contribution in [0.3, 0.4) is 0 Å². The van der Waals surface area contributed by atoms with Crippen LogP contribution in [0.5, 0.6) is 0 Å². The van der Waals surface area contributed by atoms with Crippen LogP contribution in [0.15, 0.2) is 47.9 Å². The molecule has 0 fully saturated rings. The van der Waals surface area contributed by atoms with E-state index >= 15 is 0 Å². The summed E-state index contributed by atoms with van der Waals surface area (Å²) in [5, 5.41) is 4.88.